The summed E-state index contributed by atoms with van der Waals surface area (Å²) in [6.07, 6.45) is 0.964. The molecule has 0 unspecified atom stereocenters. The van der Waals surface area contributed by atoms with Crippen LogP contribution < -0.4 is 21.3 Å². The predicted molar refractivity (Wildman–Crippen MR) is 66.0 cm³/mol. The number of benzene rings is 1. The lowest BCUT2D eigenvalue weighted by Gasteiger charge is -2.09. The molecule has 0 bridgehead atoms. The first-order chi connectivity index (χ1) is 9.13. The van der Waals surface area contributed by atoms with Crippen molar-refractivity contribution in [1.82, 2.24) is 9.97 Å². The van der Waals surface area contributed by atoms with Gasteiger partial charge in [0, 0.05) is 11.8 Å². The number of halogens is 2. The van der Waals surface area contributed by atoms with Crippen molar-refractivity contribution in [3.05, 3.63) is 36.0 Å². The summed E-state index contributed by atoms with van der Waals surface area (Å²) in [6.45, 7) is 0. The van der Waals surface area contributed by atoms with Gasteiger partial charge in [-0.25, -0.2) is 19.6 Å². The quantitative estimate of drug-likeness (QED) is 0.578. The normalized spacial score (nSPS) is 10.1. The highest BCUT2D eigenvalue weighted by Crippen LogP contribution is 2.24. The van der Waals surface area contributed by atoms with E-state index in [-0.39, 0.29) is 17.5 Å². The van der Waals surface area contributed by atoms with Crippen LogP contribution in [0.5, 0.6) is 5.75 Å². The molecular weight excluding hydrogens is 256 g/mol. The highest BCUT2D eigenvalue weighted by Gasteiger charge is 2.09. The van der Waals surface area contributed by atoms with Crippen LogP contribution in [-0.2, 0) is 0 Å². The number of methoxy groups -OCH3 is 1. The third-order valence-corrected chi connectivity index (χ3v) is 2.29. The maximum Gasteiger partial charge on any atom is 0.239 e. The molecule has 100 valence electrons. The molecule has 6 nitrogen and oxygen atoms in total. The van der Waals surface area contributed by atoms with E-state index in [9.17, 15) is 8.78 Å². The van der Waals surface area contributed by atoms with Gasteiger partial charge in [0.15, 0.2) is 23.2 Å². The number of nitrogens with zero attached hydrogens (tertiary/aromatic N) is 2. The summed E-state index contributed by atoms with van der Waals surface area (Å²) in [4.78, 5) is 7.40. The Morgan fingerprint density at radius 3 is 2.74 bits per heavy atom. The molecule has 0 fully saturated rings. The van der Waals surface area contributed by atoms with Gasteiger partial charge in [-0.1, -0.05) is 0 Å². The Labute approximate surface area is 107 Å². The summed E-state index contributed by atoms with van der Waals surface area (Å²) in [5.41, 5.74) is 2.61. The van der Waals surface area contributed by atoms with E-state index in [1.54, 1.807) is 0 Å². The molecule has 0 radical (unpaired) electrons. The van der Waals surface area contributed by atoms with Crippen LogP contribution in [0.25, 0.3) is 0 Å². The second-order valence-corrected chi connectivity index (χ2v) is 3.51. The Hall–Kier alpha value is -2.48. The SMILES string of the molecule is COc1cc(Nc2nc(NN)ncc2F)ccc1F. The number of aromatic nitrogens is 2. The average Bonchev–Trinajstić information content (AvgIpc) is 2.43. The van der Waals surface area contributed by atoms with Gasteiger partial charge in [-0.2, -0.15) is 4.98 Å². The number of nitrogens with one attached hydrogen (secondary N) is 2. The minimum atomic E-state index is -0.665. The van der Waals surface area contributed by atoms with Crippen LogP contribution in [0.3, 0.4) is 0 Å². The molecule has 19 heavy (non-hydrogen) atoms. The fraction of sp³-hybridized carbons (Fsp3) is 0.0909. The zero-order chi connectivity index (χ0) is 13.8. The highest BCUT2D eigenvalue weighted by atomic mass is 19.1. The van der Waals surface area contributed by atoms with E-state index in [4.69, 9.17) is 10.6 Å². The summed E-state index contributed by atoms with van der Waals surface area (Å²) in [5.74, 6) is 3.96. The zero-order valence-electron chi connectivity index (χ0n) is 9.95. The largest absolute Gasteiger partial charge is 0.494 e. The lowest BCUT2D eigenvalue weighted by atomic mass is 10.3. The Balaban J connectivity index is 2.30. The topological polar surface area (TPSA) is 85.1 Å². The number of nitrogen functional groups attached to an aromatic ring is 1. The molecule has 0 amide bonds. The first-order valence-corrected chi connectivity index (χ1v) is 5.23. The molecule has 8 heteroatoms. The van der Waals surface area contributed by atoms with Gasteiger partial charge < -0.3 is 10.1 Å². The van der Waals surface area contributed by atoms with Gasteiger partial charge in [0.1, 0.15) is 0 Å². The van der Waals surface area contributed by atoms with Gasteiger partial charge in [0.05, 0.1) is 13.3 Å². The average molecular weight is 267 g/mol. The van der Waals surface area contributed by atoms with Crippen molar-refractivity contribution < 1.29 is 13.5 Å². The van der Waals surface area contributed by atoms with E-state index in [2.05, 4.69) is 20.7 Å². The third kappa shape index (κ3) is 2.86. The number of hydrazine groups is 1. The van der Waals surface area contributed by atoms with Crippen LogP contribution in [0.2, 0.25) is 0 Å². The fourth-order valence-electron chi connectivity index (χ4n) is 1.40. The first kappa shape index (κ1) is 13.0. The number of nitrogens with two attached hydrogens (primary N) is 1. The smallest absolute Gasteiger partial charge is 0.239 e. The van der Waals surface area contributed by atoms with Gasteiger partial charge >= 0.3 is 0 Å². The fourth-order valence-corrected chi connectivity index (χ4v) is 1.40. The summed E-state index contributed by atoms with van der Waals surface area (Å²) in [7, 11) is 1.34. The molecule has 0 saturated heterocycles. The molecule has 1 aromatic heterocycles. The molecule has 2 aromatic rings. The standard InChI is InChI=1S/C11H11F2N5O/c1-19-9-4-6(2-3-7(9)12)16-10-8(13)5-15-11(17-10)18-14/h2-5H,14H2,1H3,(H2,15,16,17,18). The zero-order valence-corrected chi connectivity index (χ0v) is 9.95. The molecule has 2 rings (SSSR count). The molecule has 0 spiro atoms. The van der Waals surface area contributed by atoms with Gasteiger partial charge in [-0.05, 0) is 12.1 Å². The van der Waals surface area contributed by atoms with Gasteiger partial charge in [0.2, 0.25) is 5.95 Å². The number of ether oxygens (including phenoxy) is 1. The Bertz CT molecular complexity index is 593. The van der Waals surface area contributed by atoms with E-state index >= 15 is 0 Å². The summed E-state index contributed by atoms with van der Waals surface area (Å²) in [5, 5.41) is 2.68. The molecular formula is C11H11F2N5O. The molecule has 1 aromatic carbocycles. The van der Waals surface area contributed by atoms with Crippen molar-refractivity contribution in [3.63, 3.8) is 0 Å². The van der Waals surface area contributed by atoms with Crippen molar-refractivity contribution in [2.75, 3.05) is 17.9 Å². The number of hydrogen-bond acceptors (Lipinski definition) is 6. The van der Waals surface area contributed by atoms with Crippen molar-refractivity contribution in [3.8, 4) is 5.75 Å². The van der Waals surface area contributed by atoms with Crippen molar-refractivity contribution >= 4 is 17.5 Å². The van der Waals surface area contributed by atoms with Gasteiger partial charge in [0.25, 0.3) is 0 Å². The van der Waals surface area contributed by atoms with E-state index in [1.165, 1.54) is 25.3 Å². The van der Waals surface area contributed by atoms with Gasteiger partial charge in [-0.15, -0.1) is 0 Å². The first-order valence-electron chi connectivity index (χ1n) is 5.23. The van der Waals surface area contributed by atoms with Crippen LogP contribution >= 0.6 is 0 Å². The van der Waals surface area contributed by atoms with Crippen LogP contribution in [0.4, 0.5) is 26.2 Å². The predicted octanol–water partition coefficient (Wildman–Crippen LogP) is 1.79. The van der Waals surface area contributed by atoms with Crippen LogP contribution in [-0.4, -0.2) is 17.1 Å². The Kier molecular flexibility index (Phi) is 3.71. The minimum Gasteiger partial charge on any atom is -0.494 e. The van der Waals surface area contributed by atoms with Crippen molar-refractivity contribution in [2.24, 2.45) is 5.84 Å². The lowest BCUT2D eigenvalue weighted by Crippen LogP contribution is -2.12. The van der Waals surface area contributed by atoms with Crippen LogP contribution in [0.15, 0.2) is 24.4 Å². The maximum absolute atomic E-state index is 13.5. The van der Waals surface area contributed by atoms with Gasteiger partial charge in [-0.3, -0.25) is 5.43 Å². The summed E-state index contributed by atoms with van der Waals surface area (Å²) < 4.78 is 31.5. The third-order valence-electron chi connectivity index (χ3n) is 2.29. The molecule has 4 N–H and O–H groups in total. The van der Waals surface area contributed by atoms with E-state index in [0.29, 0.717) is 5.69 Å². The molecule has 0 atom stereocenters. The number of hydrogen-bond donors (Lipinski definition) is 3. The number of rotatable bonds is 4. The summed E-state index contributed by atoms with van der Waals surface area (Å²) in [6, 6.07) is 4.00. The minimum absolute atomic E-state index is 0.0386. The second-order valence-electron chi connectivity index (χ2n) is 3.51. The maximum atomic E-state index is 13.5. The molecule has 1 heterocycles. The molecule has 0 aliphatic carbocycles. The molecule has 0 saturated carbocycles. The van der Waals surface area contributed by atoms with Crippen molar-refractivity contribution in [1.29, 1.82) is 0 Å². The Morgan fingerprint density at radius 1 is 1.26 bits per heavy atom. The lowest BCUT2D eigenvalue weighted by molar-refractivity contribution is 0.387. The Morgan fingerprint density at radius 2 is 2.05 bits per heavy atom. The van der Waals surface area contributed by atoms with Crippen molar-refractivity contribution in [2.45, 2.75) is 0 Å². The monoisotopic (exact) mass is 267 g/mol. The molecule has 0 aliphatic heterocycles. The van der Waals surface area contributed by atoms with Crippen LogP contribution in [0.1, 0.15) is 0 Å². The van der Waals surface area contributed by atoms with Crippen LogP contribution in [0, 0.1) is 11.6 Å². The number of anilines is 3. The van der Waals surface area contributed by atoms with E-state index < -0.39 is 11.6 Å². The molecule has 0 aliphatic rings. The highest BCUT2D eigenvalue weighted by molar-refractivity contribution is 5.59. The summed E-state index contributed by atoms with van der Waals surface area (Å²) >= 11 is 0. The van der Waals surface area contributed by atoms with E-state index in [1.807, 2.05) is 0 Å². The van der Waals surface area contributed by atoms with E-state index in [0.717, 1.165) is 6.20 Å². The second kappa shape index (κ2) is 5.44.